The Morgan fingerprint density at radius 2 is 1.83 bits per heavy atom. The molecule has 4 nitrogen and oxygen atoms in total. The number of rotatable bonds is 4. The van der Waals surface area contributed by atoms with Crippen LogP contribution in [0.15, 0.2) is 24.3 Å². The van der Waals surface area contributed by atoms with E-state index in [4.69, 9.17) is 0 Å². The molecule has 126 valence electrons. The summed E-state index contributed by atoms with van der Waals surface area (Å²) in [5, 5.41) is 2.75. The van der Waals surface area contributed by atoms with E-state index in [1.165, 1.54) is 11.8 Å². The summed E-state index contributed by atoms with van der Waals surface area (Å²) in [4.78, 5) is 27.0. The van der Waals surface area contributed by atoms with Gasteiger partial charge in [-0.2, -0.15) is 11.8 Å². The standard InChI is InChI=1S/C18H26N2O2S/c1-12-9-13(2)11-20(10-12)18(22)15-7-5-6-8-16(15)19-17(21)14(3)23-4/h5-8,12-14H,9-11H2,1-4H3,(H,19,21). The van der Waals surface area contributed by atoms with Crippen molar-refractivity contribution in [2.24, 2.45) is 11.8 Å². The highest BCUT2D eigenvalue weighted by Gasteiger charge is 2.27. The van der Waals surface area contributed by atoms with Crippen LogP contribution < -0.4 is 5.32 Å². The summed E-state index contributed by atoms with van der Waals surface area (Å²) in [5.74, 6) is 0.969. The van der Waals surface area contributed by atoms with Crippen molar-refractivity contribution >= 4 is 29.3 Å². The second-order valence-corrected chi connectivity index (χ2v) is 7.75. The van der Waals surface area contributed by atoms with E-state index in [-0.39, 0.29) is 17.1 Å². The van der Waals surface area contributed by atoms with Gasteiger partial charge in [0.15, 0.2) is 0 Å². The lowest BCUT2D eigenvalue weighted by atomic mass is 9.91. The van der Waals surface area contributed by atoms with E-state index in [9.17, 15) is 9.59 Å². The van der Waals surface area contributed by atoms with Crippen molar-refractivity contribution in [3.8, 4) is 0 Å². The topological polar surface area (TPSA) is 49.4 Å². The summed E-state index contributed by atoms with van der Waals surface area (Å²) in [7, 11) is 0. The minimum atomic E-state index is -0.145. The molecule has 5 heteroatoms. The van der Waals surface area contributed by atoms with Gasteiger partial charge < -0.3 is 10.2 Å². The maximum absolute atomic E-state index is 12.9. The van der Waals surface area contributed by atoms with E-state index in [1.54, 1.807) is 12.1 Å². The molecule has 1 aliphatic rings. The third-order valence-electron chi connectivity index (χ3n) is 4.29. The van der Waals surface area contributed by atoms with Crippen molar-refractivity contribution < 1.29 is 9.59 Å². The van der Waals surface area contributed by atoms with E-state index in [2.05, 4.69) is 19.2 Å². The Morgan fingerprint density at radius 1 is 1.22 bits per heavy atom. The van der Waals surface area contributed by atoms with Crippen LogP contribution in [-0.2, 0) is 4.79 Å². The van der Waals surface area contributed by atoms with Crippen LogP contribution in [0.5, 0.6) is 0 Å². The number of likely N-dealkylation sites (tertiary alicyclic amines) is 1. The van der Waals surface area contributed by atoms with Crippen molar-refractivity contribution in [3.63, 3.8) is 0 Å². The van der Waals surface area contributed by atoms with Crippen LogP contribution in [0.4, 0.5) is 5.69 Å². The van der Waals surface area contributed by atoms with Gasteiger partial charge >= 0.3 is 0 Å². The number of piperidine rings is 1. The zero-order valence-electron chi connectivity index (χ0n) is 14.3. The smallest absolute Gasteiger partial charge is 0.255 e. The van der Waals surface area contributed by atoms with Gasteiger partial charge in [-0.15, -0.1) is 0 Å². The molecule has 0 bridgehead atoms. The number of carbonyl (C=O) groups is 2. The minimum absolute atomic E-state index is 0.0103. The fourth-order valence-corrected chi connectivity index (χ4v) is 3.39. The molecule has 1 fully saturated rings. The molecular weight excluding hydrogens is 308 g/mol. The maximum atomic E-state index is 12.9. The predicted octanol–water partition coefficient (Wildman–Crippen LogP) is 3.49. The molecule has 3 atom stereocenters. The van der Waals surface area contributed by atoms with E-state index >= 15 is 0 Å². The average molecular weight is 334 g/mol. The number of para-hydroxylation sites is 1. The van der Waals surface area contributed by atoms with Crippen LogP contribution in [0.2, 0.25) is 0 Å². The molecule has 2 amide bonds. The zero-order chi connectivity index (χ0) is 17.0. The molecule has 1 heterocycles. The van der Waals surface area contributed by atoms with Gasteiger partial charge in [-0.05, 0) is 43.6 Å². The van der Waals surface area contributed by atoms with Gasteiger partial charge in [-0.25, -0.2) is 0 Å². The molecule has 3 unspecified atom stereocenters. The Morgan fingerprint density at radius 3 is 2.43 bits per heavy atom. The highest BCUT2D eigenvalue weighted by atomic mass is 32.2. The molecule has 23 heavy (non-hydrogen) atoms. The van der Waals surface area contributed by atoms with Gasteiger partial charge in [0, 0.05) is 13.1 Å². The zero-order valence-corrected chi connectivity index (χ0v) is 15.2. The number of hydrogen-bond donors (Lipinski definition) is 1. The Labute approximate surface area is 143 Å². The molecule has 1 aromatic rings. The normalized spacial score (nSPS) is 22.5. The van der Waals surface area contributed by atoms with Gasteiger partial charge in [0.05, 0.1) is 16.5 Å². The number of nitrogens with zero attached hydrogens (tertiary/aromatic N) is 1. The first-order valence-corrected chi connectivity index (χ1v) is 9.43. The van der Waals surface area contributed by atoms with Crippen LogP contribution in [-0.4, -0.2) is 41.3 Å². The first-order valence-electron chi connectivity index (χ1n) is 8.14. The summed E-state index contributed by atoms with van der Waals surface area (Å²) in [6.07, 6.45) is 3.06. The molecule has 0 aliphatic carbocycles. The Kier molecular flexibility index (Phi) is 6.10. The monoisotopic (exact) mass is 334 g/mol. The third-order valence-corrected chi connectivity index (χ3v) is 5.22. The highest BCUT2D eigenvalue weighted by molar-refractivity contribution is 7.99. The lowest BCUT2D eigenvalue weighted by molar-refractivity contribution is -0.115. The maximum Gasteiger partial charge on any atom is 0.255 e. The molecule has 1 aliphatic heterocycles. The van der Waals surface area contributed by atoms with Crippen molar-refractivity contribution in [1.82, 2.24) is 4.90 Å². The summed E-state index contributed by atoms with van der Waals surface area (Å²) < 4.78 is 0. The fraction of sp³-hybridized carbons (Fsp3) is 0.556. The number of amides is 2. The van der Waals surface area contributed by atoms with Gasteiger partial charge in [0.1, 0.15) is 0 Å². The van der Waals surface area contributed by atoms with E-state index in [0.717, 1.165) is 19.5 Å². The number of benzene rings is 1. The highest BCUT2D eigenvalue weighted by Crippen LogP contribution is 2.25. The van der Waals surface area contributed by atoms with Gasteiger partial charge in [-0.1, -0.05) is 26.0 Å². The number of thioether (sulfide) groups is 1. The van der Waals surface area contributed by atoms with Gasteiger partial charge in [0.25, 0.3) is 5.91 Å². The quantitative estimate of drug-likeness (QED) is 0.917. The SMILES string of the molecule is CSC(C)C(=O)Nc1ccccc1C(=O)N1CC(C)CC(C)C1. The lowest BCUT2D eigenvalue weighted by Crippen LogP contribution is -2.42. The lowest BCUT2D eigenvalue weighted by Gasteiger charge is -2.35. The van der Waals surface area contributed by atoms with Gasteiger partial charge in [-0.3, -0.25) is 9.59 Å². The Balaban J connectivity index is 2.19. The molecule has 1 aromatic carbocycles. The van der Waals surface area contributed by atoms with Crippen molar-refractivity contribution in [2.75, 3.05) is 24.7 Å². The minimum Gasteiger partial charge on any atom is -0.338 e. The van der Waals surface area contributed by atoms with Gasteiger partial charge in [0.2, 0.25) is 5.91 Å². The average Bonchev–Trinajstić information content (AvgIpc) is 2.53. The largest absolute Gasteiger partial charge is 0.338 e. The summed E-state index contributed by atoms with van der Waals surface area (Å²) >= 11 is 1.49. The molecule has 0 aromatic heterocycles. The number of nitrogens with one attached hydrogen (secondary N) is 1. The summed E-state index contributed by atoms with van der Waals surface area (Å²) in [5.41, 5.74) is 1.18. The first kappa shape index (κ1) is 17.9. The Hall–Kier alpha value is -1.49. The number of carbonyl (C=O) groups excluding carboxylic acids is 2. The predicted molar refractivity (Wildman–Crippen MR) is 96.9 cm³/mol. The number of anilines is 1. The molecule has 0 spiro atoms. The first-order chi connectivity index (χ1) is 10.9. The molecule has 0 radical (unpaired) electrons. The van der Waals surface area contributed by atoms with Crippen LogP contribution >= 0.6 is 11.8 Å². The second kappa shape index (κ2) is 7.86. The Bertz CT molecular complexity index is 566. The molecule has 0 saturated carbocycles. The summed E-state index contributed by atoms with van der Waals surface area (Å²) in [6.45, 7) is 7.80. The van der Waals surface area contributed by atoms with Crippen LogP contribution in [0.25, 0.3) is 0 Å². The van der Waals surface area contributed by atoms with Crippen LogP contribution in [0.3, 0.4) is 0 Å². The molecule has 1 N–H and O–H groups in total. The van der Waals surface area contributed by atoms with E-state index in [1.807, 2.05) is 30.2 Å². The van der Waals surface area contributed by atoms with Crippen molar-refractivity contribution in [2.45, 2.75) is 32.4 Å². The summed E-state index contributed by atoms with van der Waals surface area (Å²) in [6, 6.07) is 7.29. The molecule has 2 rings (SSSR count). The second-order valence-electron chi connectivity index (χ2n) is 6.57. The third kappa shape index (κ3) is 4.50. The molecule has 1 saturated heterocycles. The van der Waals surface area contributed by atoms with Crippen molar-refractivity contribution in [1.29, 1.82) is 0 Å². The number of hydrogen-bond acceptors (Lipinski definition) is 3. The van der Waals surface area contributed by atoms with E-state index in [0.29, 0.717) is 23.1 Å². The van der Waals surface area contributed by atoms with Crippen LogP contribution in [0, 0.1) is 11.8 Å². The van der Waals surface area contributed by atoms with E-state index < -0.39 is 0 Å². The fourth-order valence-electron chi connectivity index (χ4n) is 3.12. The van der Waals surface area contributed by atoms with Crippen molar-refractivity contribution in [3.05, 3.63) is 29.8 Å². The van der Waals surface area contributed by atoms with Crippen LogP contribution in [0.1, 0.15) is 37.6 Å². The molecular formula is C18H26N2O2S.